The molecule has 2 aromatic rings. The zero-order valence-electron chi connectivity index (χ0n) is 12.1. The van der Waals surface area contributed by atoms with Gasteiger partial charge in [-0.25, -0.2) is 9.78 Å². The fourth-order valence-corrected chi connectivity index (χ4v) is 2.62. The molecule has 2 amide bonds. The molecular weight excluding hydrogens is 356 g/mol. The number of hydrogen-bond donors (Lipinski definition) is 1. The number of nitrogens with one attached hydrogen (secondary N) is 1. The Morgan fingerprint density at radius 1 is 1.48 bits per heavy atom. The lowest BCUT2D eigenvalue weighted by Crippen LogP contribution is -2.36. The van der Waals surface area contributed by atoms with Gasteiger partial charge in [0.15, 0.2) is 0 Å². The molecule has 1 heterocycles. The molecule has 1 N–H and O–H groups in total. The third kappa shape index (κ3) is 3.89. The Kier molecular flexibility index (Phi) is 5.47. The van der Waals surface area contributed by atoms with Crippen molar-refractivity contribution >= 4 is 44.6 Å². The maximum atomic E-state index is 11.6. The Labute approximate surface area is 137 Å². The van der Waals surface area contributed by atoms with Gasteiger partial charge in [0.05, 0.1) is 11.0 Å². The number of carbonyl (C=O) groups is 1. The number of halogens is 2. The molecule has 0 aliphatic rings. The van der Waals surface area contributed by atoms with E-state index in [9.17, 15) is 4.79 Å². The highest BCUT2D eigenvalue weighted by Gasteiger charge is 2.11. The summed E-state index contributed by atoms with van der Waals surface area (Å²) in [6.45, 7) is 1.21. The smallest absolute Gasteiger partial charge is 0.316 e. The van der Waals surface area contributed by atoms with Gasteiger partial charge in [-0.15, -0.1) is 11.6 Å². The number of imidazole rings is 1. The molecule has 0 unspecified atom stereocenters. The van der Waals surface area contributed by atoms with E-state index in [1.807, 2.05) is 18.2 Å². The van der Waals surface area contributed by atoms with E-state index in [1.54, 1.807) is 14.1 Å². The number of aromatic nitrogens is 2. The molecule has 1 aromatic carbocycles. The monoisotopic (exact) mass is 372 g/mol. The van der Waals surface area contributed by atoms with Crippen molar-refractivity contribution < 1.29 is 4.79 Å². The number of carbonyl (C=O) groups excluding carboxylic acids is 1. The standard InChI is InChI=1S/C14H18BrClN4O/c1-19(2)14(21)17-7-8-20-12-9-10(15)3-4-11(12)18-13(20)5-6-16/h3-4,9H,5-8H2,1-2H3,(H,17,21). The van der Waals surface area contributed by atoms with Crippen LogP contribution in [0.1, 0.15) is 5.82 Å². The van der Waals surface area contributed by atoms with Gasteiger partial charge in [-0.05, 0) is 18.2 Å². The van der Waals surface area contributed by atoms with Crippen LogP contribution in [0.4, 0.5) is 4.79 Å². The molecule has 114 valence electrons. The van der Waals surface area contributed by atoms with Crippen LogP contribution in [0.25, 0.3) is 11.0 Å². The molecule has 7 heteroatoms. The summed E-state index contributed by atoms with van der Waals surface area (Å²) in [4.78, 5) is 17.7. The Balaban J connectivity index is 2.21. The molecule has 0 radical (unpaired) electrons. The molecule has 2 rings (SSSR count). The molecule has 0 aliphatic carbocycles. The number of fused-ring (bicyclic) bond motifs is 1. The average molecular weight is 374 g/mol. The third-order valence-electron chi connectivity index (χ3n) is 3.13. The second-order valence-electron chi connectivity index (χ2n) is 4.88. The van der Waals surface area contributed by atoms with Crippen molar-refractivity contribution in [3.8, 4) is 0 Å². The van der Waals surface area contributed by atoms with Crippen LogP contribution in [0.5, 0.6) is 0 Å². The largest absolute Gasteiger partial charge is 0.336 e. The van der Waals surface area contributed by atoms with Crippen LogP contribution < -0.4 is 5.32 Å². The number of hydrogen-bond acceptors (Lipinski definition) is 2. The SMILES string of the molecule is CN(C)C(=O)NCCn1c(CCCl)nc2ccc(Br)cc21. The van der Waals surface area contributed by atoms with Crippen molar-refractivity contribution in [2.75, 3.05) is 26.5 Å². The molecule has 0 bridgehead atoms. The van der Waals surface area contributed by atoms with E-state index in [-0.39, 0.29) is 6.03 Å². The van der Waals surface area contributed by atoms with Gasteiger partial charge in [0.1, 0.15) is 5.82 Å². The first-order valence-electron chi connectivity index (χ1n) is 6.68. The first kappa shape index (κ1) is 16.1. The van der Waals surface area contributed by atoms with E-state index >= 15 is 0 Å². The Bertz CT molecular complexity index is 641. The summed E-state index contributed by atoms with van der Waals surface area (Å²) in [6, 6.07) is 5.89. The number of amides is 2. The van der Waals surface area contributed by atoms with Crippen molar-refractivity contribution in [2.24, 2.45) is 0 Å². The van der Waals surface area contributed by atoms with E-state index in [2.05, 4.69) is 30.8 Å². The van der Waals surface area contributed by atoms with Crippen LogP contribution in [0.2, 0.25) is 0 Å². The Hall–Kier alpha value is -1.27. The lowest BCUT2D eigenvalue weighted by molar-refractivity contribution is 0.217. The first-order valence-corrected chi connectivity index (χ1v) is 8.01. The van der Waals surface area contributed by atoms with Gasteiger partial charge in [0.2, 0.25) is 0 Å². The summed E-state index contributed by atoms with van der Waals surface area (Å²) in [5, 5.41) is 2.86. The van der Waals surface area contributed by atoms with Crippen molar-refractivity contribution in [2.45, 2.75) is 13.0 Å². The van der Waals surface area contributed by atoms with Crippen LogP contribution in [-0.2, 0) is 13.0 Å². The van der Waals surface area contributed by atoms with E-state index < -0.39 is 0 Å². The van der Waals surface area contributed by atoms with Crippen molar-refractivity contribution in [1.82, 2.24) is 19.8 Å². The summed E-state index contributed by atoms with van der Waals surface area (Å²) in [5.74, 6) is 1.46. The minimum atomic E-state index is -0.0977. The van der Waals surface area contributed by atoms with Gasteiger partial charge < -0.3 is 14.8 Å². The molecule has 1 aromatic heterocycles. The topological polar surface area (TPSA) is 50.2 Å². The second-order valence-corrected chi connectivity index (χ2v) is 6.17. The molecule has 0 spiro atoms. The predicted molar refractivity (Wildman–Crippen MR) is 88.9 cm³/mol. The molecule has 21 heavy (non-hydrogen) atoms. The molecule has 0 fully saturated rings. The van der Waals surface area contributed by atoms with Gasteiger partial charge in [0.25, 0.3) is 0 Å². The summed E-state index contributed by atoms with van der Waals surface area (Å²) in [7, 11) is 3.44. The van der Waals surface area contributed by atoms with Crippen molar-refractivity contribution in [3.63, 3.8) is 0 Å². The highest BCUT2D eigenvalue weighted by atomic mass is 79.9. The number of rotatable bonds is 5. The molecule has 0 saturated heterocycles. The minimum absolute atomic E-state index is 0.0977. The van der Waals surface area contributed by atoms with E-state index in [1.165, 1.54) is 4.90 Å². The average Bonchev–Trinajstić information content (AvgIpc) is 2.76. The normalized spacial score (nSPS) is 10.9. The Morgan fingerprint density at radius 2 is 2.24 bits per heavy atom. The number of nitrogens with zero attached hydrogens (tertiary/aromatic N) is 3. The lowest BCUT2D eigenvalue weighted by Gasteiger charge is -2.13. The zero-order valence-corrected chi connectivity index (χ0v) is 14.4. The number of aryl methyl sites for hydroxylation is 1. The van der Waals surface area contributed by atoms with Crippen LogP contribution >= 0.6 is 27.5 Å². The maximum absolute atomic E-state index is 11.6. The summed E-state index contributed by atoms with van der Waals surface area (Å²) in [5.41, 5.74) is 1.99. The van der Waals surface area contributed by atoms with Crippen molar-refractivity contribution in [3.05, 3.63) is 28.5 Å². The summed E-state index contributed by atoms with van der Waals surface area (Å²) < 4.78 is 3.12. The van der Waals surface area contributed by atoms with Crippen LogP contribution in [0, 0.1) is 0 Å². The van der Waals surface area contributed by atoms with E-state index in [0.29, 0.717) is 25.4 Å². The number of urea groups is 1. The molecule has 0 saturated carbocycles. The first-order chi connectivity index (χ1) is 10.0. The number of alkyl halides is 1. The van der Waals surface area contributed by atoms with Gasteiger partial charge in [-0.2, -0.15) is 0 Å². The van der Waals surface area contributed by atoms with E-state index in [4.69, 9.17) is 11.6 Å². The zero-order chi connectivity index (χ0) is 15.4. The van der Waals surface area contributed by atoms with Gasteiger partial charge in [-0.3, -0.25) is 0 Å². The second kappa shape index (κ2) is 7.13. The molecule has 0 aliphatic heterocycles. The lowest BCUT2D eigenvalue weighted by atomic mass is 10.3. The molecule has 0 atom stereocenters. The van der Waals surface area contributed by atoms with Crippen LogP contribution in [0.15, 0.2) is 22.7 Å². The highest BCUT2D eigenvalue weighted by Crippen LogP contribution is 2.21. The van der Waals surface area contributed by atoms with Gasteiger partial charge in [0, 0.05) is 44.0 Å². The fourth-order valence-electron chi connectivity index (χ4n) is 2.10. The molecule has 5 nitrogen and oxygen atoms in total. The minimum Gasteiger partial charge on any atom is -0.336 e. The molecular formula is C14H18BrClN4O. The Morgan fingerprint density at radius 3 is 2.90 bits per heavy atom. The van der Waals surface area contributed by atoms with Crippen LogP contribution in [-0.4, -0.2) is 47.0 Å². The van der Waals surface area contributed by atoms with Crippen LogP contribution in [0.3, 0.4) is 0 Å². The maximum Gasteiger partial charge on any atom is 0.316 e. The predicted octanol–water partition coefficient (Wildman–Crippen LogP) is 2.85. The van der Waals surface area contributed by atoms with E-state index in [0.717, 1.165) is 21.3 Å². The van der Waals surface area contributed by atoms with Gasteiger partial charge in [-0.1, -0.05) is 15.9 Å². The highest BCUT2D eigenvalue weighted by molar-refractivity contribution is 9.10. The van der Waals surface area contributed by atoms with Gasteiger partial charge >= 0.3 is 6.03 Å². The summed E-state index contributed by atoms with van der Waals surface area (Å²) in [6.07, 6.45) is 0.704. The quantitative estimate of drug-likeness (QED) is 0.819. The fraction of sp³-hybridized carbons (Fsp3) is 0.429. The summed E-state index contributed by atoms with van der Waals surface area (Å²) >= 11 is 9.34. The third-order valence-corrected chi connectivity index (χ3v) is 3.81. The van der Waals surface area contributed by atoms with Crippen molar-refractivity contribution in [1.29, 1.82) is 0 Å². The number of benzene rings is 1.